The maximum absolute atomic E-state index is 13.2. The van der Waals surface area contributed by atoms with Crippen LogP contribution in [0, 0.1) is 17.0 Å². The number of nitrogens with zero attached hydrogens (tertiary/aromatic N) is 4. The molecule has 0 saturated heterocycles. The Labute approximate surface area is 166 Å². The largest absolute Gasteiger partial charge is 0.328 e. The fraction of sp³-hybridized carbons (Fsp3) is 0.150. The number of non-ortho nitro benzene ring substituents is 1. The number of carbonyl (C=O) groups excluding carboxylic acids is 1. The van der Waals surface area contributed by atoms with Crippen molar-refractivity contribution in [1.29, 1.82) is 0 Å². The quantitative estimate of drug-likeness (QED) is 0.521. The molecular formula is C20H18N6O3. The predicted molar refractivity (Wildman–Crippen MR) is 107 cm³/mol. The van der Waals surface area contributed by atoms with Crippen LogP contribution in [0.15, 0.2) is 66.1 Å². The smallest absolute Gasteiger partial charge is 0.269 e. The molecule has 0 bridgehead atoms. The maximum atomic E-state index is 13.2. The van der Waals surface area contributed by atoms with Crippen LogP contribution < -0.4 is 10.6 Å². The van der Waals surface area contributed by atoms with Gasteiger partial charge in [-0.3, -0.25) is 14.9 Å². The summed E-state index contributed by atoms with van der Waals surface area (Å²) in [6, 6.07) is 13.0. The summed E-state index contributed by atoms with van der Waals surface area (Å²) in [5, 5.41) is 21.5. The first-order chi connectivity index (χ1) is 13.9. The van der Waals surface area contributed by atoms with Gasteiger partial charge in [0.15, 0.2) is 0 Å². The zero-order chi connectivity index (χ0) is 20.5. The molecule has 0 unspecified atom stereocenters. The van der Waals surface area contributed by atoms with E-state index in [-0.39, 0.29) is 11.6 Å². The number of nitro benzene ring substituents is 1. The van der Waals surface area contributed by atoms with Gasteiger partial charge in [-0.1, -0.05) is 29.8 Å². The summed E-state index contributed by atoms with van der Waals surface area (Å²) in [4.78, 5) is 28.1. The highest BCUT2D eigenvalue weighted by atomic mass is 16.6. The van der Waals surface area contributed by atoms with Crippen LogP contribution in [0.2, 0.25) is 0 Å². The van der Waals surface area contributed by atoms with Gasteiger partial charge in [0.05, 0.1) is 10.5 Å². The number of allylic oxidation sites excluding steroid dienone is 1. The van der Waals surface area contributed by atoms with Gasteiger partial charge in [0.25, 0.3) is 11.6 Å². The Bertz CT molecular complexity index is 1130. The highest BCUT2D eigenvalue weighted by molar-refractivity contribution is 6.06. The molecule has 1 aliphatic rings. The monoisotopic (exact) mass is 390 g/mol. The Kier molecular flexibility index (Phi) is 4.55. The van der Waals surface area contributed by atoms with E-state index >= 15 is 0 Å². The molecule has 3 aromatic rings. The molecule has 1 aliphatic heterocycles. The lowest BCUT2D eigenvalue weighted by atomic mass is 9.94. The second kappa shape index (κ2) is 7.19. The molecular weight excluding hydrogens is 372 g/mol. The molecule has 0 saturated carbocycles. The van der Waals surface area contributed by atoms with E-state index in [9.17, 15) is 14.9 Å². The van der Waals surface area contributed by atoms with Crippen molar-refractivity contribution < 1.29 is 9.72 Å². The summed E-state index contributed by atoms with van der Waals surface area (Å²) in [5.41, 5.74) is 3.26. The van der Waals surface area contributed by atoms with Gasteiger partial charge in [-0.15, -0.1) is 0 Å². The van der Waals surface area contributed by atoms with E-state index in [2.05, 4.69) is 20.7 Å². The Balaban J connectivity index is 1.77. The molecule has 1 amide bonds. The molecule has 2 N–H and O–H groups in total. The van der Waals surface area contributed by atoms with Crippen molar-refractivity contribution in [2.24, 2.45) is 0 Å². The van der Waals surface area contributed by atoms with E-state index in [1.165, 1.54) is 18.5 Å². The summed E-state index contributed by atoms with van der Waals surface area (Å²) in [7, 11) is 0. The Morgan fingerprint density at radius 2 is 1.97 bits per heavy atom. The third-order valence-electron chi connectivity index (χ3n) is 4.75. The number of aromatic nitrogens is 3. The second-order valence-corrected chi connectivity index (χ2v) is 6.77. The van der Waals surface area contributed by atoms with Gasteiger partial charge in [0.2, 0.25) is 5.95 Å². The van der Waals surface area contributed by atoms with Crippen LogP contribution in [-0.2, 0) is 4.79 Å². The number of fused-ring (bicyclic) bond motifs is 1. The van der Waals surface area contributed by atoms with Crippen molar-refractivity contribution in [1.82, 2.24) is 14.8 Å². The molecule has 146 valence electrons. The average molecular weight is 390 g/mol. The third kappa shape index (κ3) is 3.45. The molecule has 9 heteroatoms. The summed E-state index contributed by atoms with van der Waals surface area (Å²) in [6.07, 6.45) is 1.38. The van der Waals surface area contributed by atoms with Crippen molar-refractivity contribution in [3.63, 3.8) is 0 Å². The number of amides is 1. The van der Waals surface area contributed by atoms with Crippen molar-refractivity contribution in [3.8, 4) is 0 Å². The molecule has 2 heterocycles. The van der Waals surface area contributed by atoms with E-state index in [1.54, 1.807) is 23.7 Å². The topological polar surface area (TPSA) is 115 Å². The molecule has 29 heavy (non-hydrogen) atoms. The number of aryl methyl sites for hydroxylation is 1. The van der Waals surface area contributed by atoms with Crippen molar-refractivity contribution in [2.45, 2.75) is 19.9 Å². The first-order valence-corrected chi connectivity index (χ1v) is 8.93. The van der Waals surface area contributed by atoms with Crippen molar-refractivity contribution in [3.05, 3.63) is 87.4 Å². The first-order valence-electron chi connectivity index (χ1n) is 8.93. The number of anilines is 2. The summed E-state index contributed by atoms with van der Waals surface area (Å²) < 4.78 is 1.55. The van der Waals surface area contributed by atoms with Crippen LogP contribution in [0.1, 0.15) is 24.1 Å². The van der Waals surface area contributed by atoms with Gasteiger partial charge >= 0.3 is 0 Å². The number of carbonyl (C=O) groups is 1. The standard InChI is InChI=1S/C20H18N6O3/c1-12-6-8-15(9-7-12)24-19(27)17-13(2)23-20-21-11-22-25(20)18(17)14-4-3-5-16(10-14)26(28)29/h3-11,18H,1-2H3,(H,24,27)(H,21,22,23)/t18-/m0/s1. The third-order valence-corrected chi connectivity index (χ3v) is 4.75. The highest BCUT2D eigenvalue weighted by Crippen LogP contribution is 2.36. The Morgan fingerprint density at radius 1 is 1.21 bits per heavy atom. The molecule has 0 radical (unpaired) electrons. The molecule has 0 aliphatic carbocycles. The van der Waals surface area contributed by atoms with Crippen LogP contribution in [-0.4, -0.2) is 25.6 Å². The van der Waals surface area contributed by atoms with Gasteiger partial charge in [0.1, 0.15) is 12.4 Å². The maximum Gasteiger partial charge on any atom is 0.269 e. The number of nitrogens with one attached hydrogen (secondary N) is 2. The molecule has 0 spiro atoms. The number of nitro groups is 1. The van der Waals surface area contributed by atoms with Gasteiger partial charge < -0.3 is 10.6 Å². The summed E-state index contributed by atoms with van der Waals surface area (Å²) in [5.74, 6) is 0.141. The Morgan fingerprint density at radius 3 is 2.69 bits per heavy atom. The number of hydrogen-bond donors (Lipinski definition) is 2. The van der Waals surface area contributed by atoms with E-state index in [4.69, 9.17) is 0 Å². The van der Waals surface area contributed by atoms with Crippen LogP contribution >= 0.6 is 0 Å². The van der Waals surface area contributed by atoms with Crippen LogP contribution in [0.4, 0.5) is 17.3 Å². The fourth-order valence-corrected chi connectivity index (χ4v) is 3.34. The molecule has 1 aromatic heterocycles. The summed E-state index contributed by atoms with van der Waals surface area (Å²) >= 11 is 0. The number of rotatable bonds is 4. The SMILES string of the molecule is CC1=C(C(=O)Nc2ccc(C)cc2)[C@H](c2cccc([N+](=O)[O-])c2)n2ncnc2N1. The summed E-state index contributed by atoms with van der Waals surface area (Å²) in [6.45, 7) is 3.74. The fourth-order valence-electron chi connectivity index (χ4n) is 3.34. The second-order valence-electron chi connectivity index (χ2n) is 6.77. The zero-order valence-electron chi connectivity index (χ0n) is 15.8. The zero-order valence-corrected chi connectivity index (χ0v) is 15.8. The average Bonchev–Trinajstić information content (AvgIpc) is 3.16. The number of benzene rings is 2. The van der Waals surface area contributed by atoms with Crippen LogP contribution in [0.25, 0.3) is 0 Å². The lowest BCUT2D eigenvalue weighted by Crippen LogP contribution is -2.31. The highest BCUT2D eigenvalue weighted by Gasteiger charge is 2.34. The molecule has 2 aromatic carbocycles. The molecule has 0 fully saturated rings. The van der Waals surface area contributed by atoms with Gasteiger partial charge in [-0.25, -0.2) is 4.68 Å². The molecule has 9 nitrogen and oxygen atoms in total. The van der Waals surface area contributed by atoms with Crippen molar-refractivity contribution >= 4 is 23.2 Å². The lowest BCUT2D eigenvalue weighted by molar-refractivity contribution is -0.384. The minimum atomic E-state index is -0.654. The van der Waals surface area contributed by atoms with Crippen molar-refractivity contribution in [2.75, 3.05) is 10.6 Å². The molecule has 4 rings (SSSR count). The minimum absolute atomic E-state index is 0.0568. The van der Waals surface area contributed by atoms with E-state index in [1.807, 2.05) is 31.2 Å². The van der Waals surface area contributed by atoms with Crippen LogP contribution in [0.5, 0.6) is 0 Å². The number of hydrogen-bond acceptors (Lipinski definition) is 6. The van der Waals surface area contributed by atoms with Gasteiger partial charge in [-0.05, 0) is 31.5 Å². The molecule has 1 atom stereocenters. The van der Waals surface area contributed by atoms with Crippen LogP contribution in [0.3, 0.4) is 0 Å². The van der Waals surface area contributed by atoms with Gasteiger partial charge in [-0.2, -0.15) is 10.1 Å². The van der Waals surface area contributed by atoms with E-state index < -0.39 is 11.0 Å². The van der Waals surface area contributed by atoms with E-state index in [0.717, 1.165) is 5.56 Å². The normalized spacial score (nSPS) is 15.4. The first kappa shape index (κ1) is 18.4. The van der Waals surface area contributed by atoms with Gasteiger partial charge in [0, 0.05) is 23.5 Å². The minimum Gasteiger partial charge on any atom is -0.328 e. The predicted octanol–water partition coefficient (Wildman–Crippen LogP) is 3.42. The lowest BCUT2D eigenvalue weighted by Gasteiger charge is -2.28. The van der Waals surface area contributed by atoms with E-state index in [0.29, 0.717) is 28.5 Å². The Hall–Kier alpha value is -4.01.